The molecule has 0 radical (unpaired) electrons. The molecule has 0 aliphatic carbocycles. The first-order chi connectivity index (χ1) is 8.11. The SMILES string of the molecule is Cc1cc(=O)c(CCl)cn1-c1cccc(Cl)c1. The van der Waals surface area contributed by atoms with Crippen molar-refractivity contribution < 1.29 is 0 Å². The molecule has 0 aliphatic rings. The van der Waals surface area contributed by atoms with Gasteiger partial charge in [-0.2, -0.15) is 0 Å². The Morgan fingerprint density at radius 3 is 2.71 bits per heavy atom. The predicted octanol–water partition coefficient (Wildman–Crippen LogP) is 3.54. The molecule has 0 unspecified atom stereocenters. The lowest BCUT2D eigenvalue weighted by atomic mass is 10.2. The molecule has 2 nitrogen and oxygen atoms in total. The van der Waals surface area contributed by atoms with E-state index in [4.69, 9.17) is 23.2 Å². The number of pyridine rings is 1. The number of rotatable bonds is 2. The fourth-order valence-corrected chi connectivity index (χ4v) is 2.06. The van der Waals surface area contributed by atoms with Crippen LogP contribution in [0.4, 0.5) is 0 Å². The topological polar surface area (TPSA) is 22.0 Å². The van der Waals surface area contributed by atoms with Crippen molar-refractivity contribution in [2.45, 2.75) is 12.8 Å². The lowest BCUT2D eigenvalue weighted by Crippen LogP contribution is -2.12. The Morgan fingerprint density at radius 1 is 1.29 bits per heavy atom. The van der Waals surface area contributed by atoms with Crippen molar-refractivity contribution in [1.82, 2.24) is 4.57 Å². The highest BCUT2D eigenvalue weighted by molar-refractivity contribution is 6.30. The Bertz CT molecular complexity index is 605. The summed E-state index contributed by atoms with van der Waals surface area (Å²) in [4.78, 5) is 11.6. The molecule has 0 saturated heterocycles. The second-order valence-corrected chi connectivity index (χ2v) is 4.49. The fraction of sp³-hybridized carbons (Fsp3) is 0.154. The molecule has 0 N–H and O–H groups in total. The quantitative estimate of drug-likeness (QED) is 0.763. The van der Waals surface area contributed by atoms with Crippen LogP contribution in [-0.2, 0) is 5.88 Å². The molecule has 0 bridgehead atoms. The third-order valence-corrected chi connectivity index (χ3v) is 3.07. The Labute approximate surface area is 109 Å². The molecule has 2 rings (SSSR count). The minimum Gasteiger partial charge on any atom is -0.321 e. The van der Waals surface area contributed by atoms with Crippen LogP contribution < -0.4 is 5.43 Å². The van der Waals surface area contributed by atoms with Crippen LogP contribution in [-0.4, -0.2) is 4.57 Å². The molecule has 0 aliphatic heterocycles. The highest BCUT2D eigenvalue weighted by Crippen LogP contribution is 2.16. The molecule has 0 fully saturated rings. The number of halogens is 2. The Morgan fingerprint density at radius 2 is 2.06 bits per heavy atom. The lowest BCUT2D eigenvalue weighted by molar-refractivity contribution is 0.955. The van der Waals surface area contributed by atoms with Gasteiger partial charge in [-0.15, -0.1) is 11.6 Å². The second kappa shape index (κ2) is 4.94. The first kappa shape index (κ1) is 12.2. The first-order valence-corrected chi connectivity index (χ1v) is 6.07. The van der Waals surface area contributed by atoms with Gasteiger partial charge in [-0.1, -0.05) is 17.7 Å². The molecule has 17 heavy (non-hydrogen) atoms. The van der Waals surface area contributed by atoms with Crippen LogP contribution in [0.1, 0.15) is 11.3 Å². The molecule has 1 aromatic carbocycles. The van der Waals surface area contributed by atoms with Crippen LogP contribution in [0.15, 0.2) is 41.3 Å². The molecule has 2 aromatic rings. The van der Waals surface area contributed by atoms with Gasteiger partial charge in [-0.3, -0.25) is 4.79 Å². The summed E-state index contributed by atoms with van der Waals surface area (Å²) in [5, 5.41) is 0.660. The van der Waals surface area contributed by atoms with Gasteiger partial charge in [0.25, 0.3) is 0 Å². The second-order valence-electron chi connectivity index (χ2n) is 3.79. The third kappa shape index (κ3) is 2.54. The maximum atomic E-state index is 11.6. The molecule has 88 valence electrons. The summed E-state index contributed by atoms with van der Waals surface area (Å²) in [7, 11) is 0. The number of hydrogen-bond acceptors (Lipinski definition) is 1. The van der Waals surface area contributed by atoms with E-state index in [1.807, 2.05) is 35.8 Å². The molecule has 0 spiro atoms. The summed E-state index contributed by atoms with van der Waals surface area (Å²) in [6.07, 6.45) is 1.76. The molecule has 1 aromatic heterocycles. The highest BCUT2D eigenvalue weighted by atomic mass is 35.5. The van der Waals surface area contributed by atoms with Crippen LogP contribution in [0.25, 0.3) is 5.69 Å². The summed E-state index contributed by atoms with van der Waals surface area (Å²) >= 11 is 11.7. The number of aromatic nitrogens is 1. The molecular formula is C13H11Cl2NO. The minimum atomic E-state index is -0.0317. The van der Waals surface area contributed by atoms with E-state index in [2.05, 4.69) is 0 Å². The maximum absolute atomic E-state index is 11.6. The summed E-state index contributed by atoms with van der Waals surface area (Å²) in [6, 6.07) is 9.04. The largest absolute Gasteiger partial charge is 0.321 e. The third-order valence-electron chi connectivity index (χ3n) is 2.55. The van der Waals surface area contributed by atoms with E-state index in [0.29, 0.717) is 10.6 Å². The van der Waals surface area contributed by atoms with Crippen LogP contribution in [0, 0.1) is 6.92 Å². The number of nitrogens with zero attached hydrogens (tertiary/aromatic N) is 1. The minimum absolute atomic E-state index is 0.0317. The van der Waals surface area contributed by atoms with Crippen LogP contribution >= 0.6 is 23.2 Å². The van der Waals surface area contributed by atoms with E-state index in [9.17, 15) is 4.79 Å². The zero-order valence-electron chi connectivity index (χ0n) is 9.28. The van der Waals surface area contributed by atoms with E-state index in [-0.39, 0.29) is 11.3 Å². The average Bonchev–Trinajstić information content (AvgIpc) is 2.29. The van der Waals surface area contributed by atoms with Crippen molar-refractivity contribution in [2.24, 2.45) is 0 Å². The number of aryl methyl sites for hydroxylation is 1. The van der Waals surface area contributed by atoms with Crippen molar-refractivity contribution in [3.8, 4) is 5.69 Å². The van der Waals surface area contributed by atoms with Crippen LogP contribution in [0.3, 0.4) is 0 Å². The highest BCUT2D eigenvalue weighted by Gasteiger charge is 2.05. The van der Waals surface area contributed by atoms with Gasteiger partial charge in [0, 0.05) is 34.2 Å². The Kier molecular flexibility index (Phi) is 3.55. The standard InChI is InChI=1S/C13H11Cl2NO/c1-9-5-13(17)10(7-14)8-16(9)12-4-2-3-11(15)6-12/h2-6,8H,7H2,1H3. The van der Waals surface area contributed by atoms with Crippen LogP contribution in [0.2, 0.25) is 5.02 Å². The van der Waals surface area contributed by atoms with E-state index >= 15 is 0 Å². The van der Waals surface area contributed by atoms with E-state index in [1.165, 1.54) is 0 Å². The number of benzene rings is 1. The van der Waals surface area contributed by atoms with E-state index in [1.54, 1.807) is 12.3 Å². The van der Waals surface area contributed by atoms with Crippen molar-refractivity contribution in [1.29, 1.82) is 0 Å². The molecular weight excluding hydrogens is 257 g/mol. The first-order valence-electron chi connectivity index (χ1n) is 5.16. The lowest BCUT2D eigenvalue weighted by Gasteiger charge is -2.12. The predicted molar refractivity (Wildman–Crippen MR) is 71.3 cm³/mol. The summed E-state index contributed by atoms with van der Waals surface area (Å²) in [6.45, 7) is 1.88. The zero-order valence-corrected chi connectivity index (χ0v) is 10.8. The summed E-state index contributed by atoms with van der Waals surface area (Å²) < 4.78 is 1.91. The molecule has 0 amide bonds. The van der Waals surface area contributed by atoms with Crippen molar-refractivity contribution in [3.05, 3.63) is 63.0 Å². The monoisotopic (exact) mass is 267 g/mol. The van der Waals surface area contributed by atoms with Gasteiger partial charge in [-0.25, -0.2) is 0 Å². The molecule has 0 saturated carbocycles. The Hall–Kier alpha value is -1.25. The fourth-order valence-electron chi connectivity index (χ4n) is 1.68. The van der Waals surface area contributed by atoms with Gasteiger partial charge >= 0.3 is 0 Å². The van der Waals surface area contributed by atoms with Gasteiger partial charge in [0.15, 0.2) is 5.43 Å². The van der Waals surface area contributed by atoms with E-state index in [0.717, 1.165) is 11.4 Å². The molecule has 4 heteroatoms. The zero-order chi connectivity index (χ0) is 12.4. The van der Waals surface area contributed by atoms with Crippen LogP contribution in [0.5, 0.6) is 0 Å². The molecule has 1 heterocycles. The number of hydrogen-bond donors (Lipinski definition) is 0. The van der Waals surface area contributed by atoms with Crippen molar-refractivity contribution >= 4 is 23.2 Å². The molecule has 0 atom stereocenters. The van der Waals surface area contributed by atoms with Gasteiger partial charge in [0.05, 0.1) is 5.88 Å². The normalized spacial score (nSPS) is 10.5. The smallest absolute Gasteiger partial charge is 0.186 e. The summed E-state index contributed by atoms with van der Waals surface area (Å²) in [5.74, 6) is 0.208. The summed E-state index contributed by atoms with van der Waals surface area (Å²) in [5.41, 5.74) is 2.32. The van der Waals surface area contributed by atoms with Crippen molar-refractivity contribution in [3.63, 3.8) is 0 Å². The van der Waals surface area contributed by atoms with E-state index < -0.39 is 0 Å². The van der Waals surface area contributed by atoms with Gasteiger partial charge in [0.2, 0.25) is 0 Å². The van der Waals surface area contributed by atoms with Gasteiger partial charge in [0.1, 0.15) is 0 Å². The van der Waals surface area contributed by atoms with Gasteiger partial charge in [-0.05, 0) is 25.1 Å². The Balaban J connectivity index is 2.63. The number of alkyl halides is 1. The van der Waals surface area contributed by atoms with Gasteiger partial charge < -0.3 is 4.57 Å². The average molecular weight is 268 g/mol. The maximum Gasteiger partial charge on any atom is 0.186 e. The van der Waals surface area contributed by atoms with Crippen molar-refractivity contribution in [2.75, 3.05) is 0 Å².